The van der Waals surface area contributed by atoms with Crippen LogP contribution in [-0.2, 0) is 4.74 Å². The van der Waals surface area contributed by atoms with Crippen LogP contribution in [0.25, 0.3) is 0 Å². The van der Waals surface area contributed by atoms with Crippen LogP contribution >= 0.6 is 0 Å². The average Bonchev–Trinajstić information content (AvgIpc) is 1.58. The van der Waals surface area contributed by atoms with Gasteiger partial charge in [0.15, 0.2) is 0 Å². The summed E-state index contributed by atoms with van der Waals surface area (Å²) in [6, 6.07) is 0. The standard InChI is InChI=1S/C5H8O2/c1-4-2-5(3-6)7-4/h2,4,6H,3H2,1H3/t4-/m0/s1. The summed E-state index contributed by atoms with van der Waals surface area (Å²) in [5.41, 5.74) is 0. The normalized spacial score (nSPS) is 27.7. The predicted molar refractivity (Wildman–Crippen MR) is 25.7 cm³/mol. The molecule has 1 N–H and O–H groups in total. The van der Waals surface area contributed by atoms with Crippen LogP contribution in [0.3, 0.4) is 0 Å². The number of hydrogen-bond donors (Lipinski definition) is 1. The minimum absolute atomic E-state index is 0.0460. The number of ether oxygens (including phenoxy) is 1. The Morgan fingerprint density at radius 2 is 2.57 bits per heavy atom. The lowest BCUT2D eigenvalue weighted by molar-refractivity contribution is 0.0833. The summed E-state index contributed by atoms with van der Waals surface area (Å²) in [6.07, 6.45) is 2.11. The highest BCUT2D eigenvalue weighted by molar-refractivity contribution is 5.06. The van der Waals surface area contributed by atoms with E-state index in [4.69, 9.17) is 9.84 Å². The summed E-state index contributed by atoms with van der Waals surface area (Å²) in [7, 11) is 0. The fourth-order valence-electron chi connectivity index (χ4n) is 0.592. The zero-order chi connectivity index (χ0) is 5.28. The lowest BCUT2D eigenvalue weighted by Crippen LogP contribution is -2.18. The third-order valence-electron chi connectivity index (χ3n) is 0.914. The van der Waals surface area contributed by atoms with Gasteiger partial charge in [0, 0.05) is 0 Å². The van der Waals surface area contributed by atoms with Gasteiger partial charge in [-0.3, -0.25) is 0 Å². The quantitative estimate of drug-likeness (QED) is 0.513. The number of aliphatic hydroxyl groups excluding tert-OH is 1. The number of hydrogen-bond acceptors (Lipinski definition) is 2. The van der Waals surface area contributed by atoms with Crippen LogP contribution in [0.5, 0.6) is 0 Å². The third kappa shape index (κ3) is 0.747. The summed E-state index contributed by atoms with van der Waals surface area (Å²) in [5, 5.41) is 8.31. The van der Waals surface area contributed by atoms with Crippen molar-refractivity contribution in [3.05, 3.63) is 11.8 Å². The first-order chi connectivity index (χ1) is 3.33. The maximum atomic E-state index is 8.31. The second kappa shape index (κ2) is 1.54. The Morgan fingerprint density at radius 3 is 2.71 bits per heavy atom. The Kier molecular flexibility index (Phi) is 1.02. The Morgan fingerprint density at radius 1 is 2.00 bits per heavy atom. The molecule has 0 aromatic rings. The van der Waals surface area contributed by atoms with E-state index in [9.17, 15) is 0 Å². The molecule has 1 heterocycles. The summed E-state index contributed by atoms with van der Waals surface area (Å²) in [4.78, 5) is 0. The van der Waals surface area contributed by atoms with Gasteiger partial charge in [-0.15, -0.1) is 0 Å². The maximum Gasteiger partial charge on any atom is 0.122 e. The van der Waals surface area contributed by atoms with Crippen molar-refractivity contribution < 1.29 is 9.84 Å². The summed E-state index contributed by atoms with van der Waals surface area (Å²) < 4.78 is 4.90. The predicted octanol–water partition coefficient (Wildman–Crippen LogP) is 0.281. The monoisotopic (exact) mass is 100 g/mol. The summed E-state index contributed by atoms with van der Waals surface area (Å²) >= 11 is 0. The van der Waals surface area contributed by atoms with Crippen molar-refractivity contribution >= 4 is 0 Å². The Labute approximate surface area is 42.4 Å². The fourth-order valence-corrected chi connectivity index (χ4v) is 0.592. The molecule has 1 aliphatic heterocycles. The van der Waals surface area contributed by atoms with Crippen LogP contribution in [-0.4, -0.2) is 17.8 Å². The molecule has 0 saturated heterocycles. The Balaban J connectivity index is 2.35. The molecule has 7 heavy (non-hydrogen) atoms. The molecule has 0 aromatic carbocycles. The van der Waals surface area contributed by atoms with Gasteiger partial charge in [-0.25, -0.2) is 0 Å². The van der Waals surface area contributed by atoms with E-state index in [2.05, 4.69) is 0 Å². The van der Waals surface area contributed by atoms with Crippen LogP contribution in [0.15, 0.2) is 11.8 Å². The van der Waals surface area contributed by atoms with E-state index in [1.807, 2.05) is 13.0 Å². The topological polar surface area (TPSA) is 29.5 Å². The molecule has 0 fully saturated rings. The molecule has 2 heteroatoms. The van der Waals surface area contributed by atoms with Crippen LogP contribution < -0.4 is 0 Å². The first kappa shape index (κ1) is 4.65. The zero-order valence-electron chi connectivity index (χ0n) is 4.22. The van der Waals surface area contributed by atoms with Crippen molar-refractivity contribution in [2.45, 2.75) is 13.0 Å². The van der Waals surface area contributed by atoms with Crippen molar-refractivity contribution in [1.82, 2.24) is 0 Å². The lowest BCUT2D eigenvalue weighted by atomic mass is 10.2. The largest absolute Gasteiger partial charge is 0.489 e. The molecule has 1 aliphatic rings. The number of aliphatic hydroxyl groups is 1. The minimum atomic E-state index is 0.0460. The minimum Gasteiger partial charge on any atom is -0.489 e. The van der Waals surface area contributed by atoms with Gasteiger partial charge in [0.05, 0.1) is 0 Å². The number of rotatable bonds is 1. The first-order valence-corrected chi connectivity index (χ1v) is 2.31. The van der Waals surface area contributed by atoms with Crippen LogP contribution in [0.4, 0.5) is 0 Å². The lowest BCUT2D eigenvalue weighted by Gasteiger charge is -2.21. The molecule has 2 nitrogen and oxygen atoms in total. The van der Waals surface area contributed by atoms with Crippen molar-refractivity contribution in [3.63, 3.8) is 0 Å². The average molecular weight is 100 g/mol. The Hall–Kier alpha value is -0.500. The van der Waals surface area contributed by atoms with Crippen molar-refractivity contribution in [2.24, 2.45) is 0 Å². The Bertz CT molecular complexity index is 96.3. The van der Waals surface area contributed by atoms with E-state index >= 15 is 0 Å². The molecule has 0 unspecified atom stereocenters. The van der Waals surface area contributed by atoms with Crippen molar-refractivity contribution in [1.29, 1.82) is 0 Å². The van der Waals surface area contributed by atoms with E-state index in [1.54, 1.807) is 0 Å². The van der Waals surface area contributed by atoms with Crippen LogP contribution in [0, 0.1) is 0 Å². The molecule has 1 rings (SSSR count). The van der Waals surface area contributed by atoms with Crippen molar-refractivity contribution in [2.75, 3.05) is 6.61 Å². The molecule has 0 radical (unpaired) electrons. The van der Waals surface area contributed by atoms with Gasteiger partial charge in [0.25, 0.3) is 0 Å². The highest BCUT2D eigenvalue weighted by atomic mass is 16.5. The molecule has 40 valence electrons. The maximum absolute atomic E-state index is 8.31. The van der Waals surface area contributed by atoms with Crippen LogP contribution in [0.2, 0.25) is 0 Å². The van der Waals surface area contributed by atoms with E-state index in [1.165, 1.54) is 0 Å². The SMILES string of the molecule is C[C@H]1C=C(CO)O1. The van der Waals surface area contributed by atoms with Gasteiger partial charge in [0.1, 0.15) is 18.5 Å². The fraction of sp³-hybridized carbons (Fsp3) is 0.600. The second-order valence-electron chi connectivity index (χ2n) is 1.61. The van der Waals surface area contributed by atoms with Gasteiger partial charge in [-0.05, 0) is 13.0 Å². The molecular formula is C5H8O2. The first-order valence-electron chi connectivity index (χ1n) is 2.31. The van der Waals surface area contributed by atoms with Gasteiger partial charge >= 0.3 is 0 Å². The van der Waals surface area contributed by atoms with E-state index in [-0.39, 0.29) is 12.7 Å². The third-order valence-corrected chi connectivity index (χ3v) is 0.914. The van der Waals surface area contributed by atoms with E-state index in [0.717, 1.165) is 0 Å². The molecular weight excluding hydrogens is 92.1 g/mol. The van der Waals surface area contributed by atoms with Gasteiger partial charge in [-0.1, -0.05) is 0 Å². The molecule has 0 saturated carbocycles. The zero-order valence-corrected chi connectivity index (χ0v) is 4.22. The smallest absolute Gasteiger partial charge is 0.122 e. The van der Waals surface area contributed by atoms with Gasteiger partial charge in [-0.2, -0.15) is 0 Å². The molecule has 0 bridgehead atoms. The summed E-state index contributed by atoms with van der Waals surface area (Å²) in [5.74, 6) is 0.701. The highest BCUT2D eigenvalue weighted by Gasteiger charge is 2.12. The molecule has 0 amide bonds. The van der Waals surface area contributed by atoms with Crippen LogP contribution in [0.1, 0.15) is 6.92 Å². The molecule has 0 aliphatic carbocycles. The highest BCUT2D eigenvalue weighted by Crippen LogP contribution is 2.14. The van der Waals surface area contributed by atoms with Crippen molar-refractivity contribution in [3.8, 4) is 0 Å². The molecule has 0 spiro atoms. The molecule has 1 atom stereocenters. The van der Waals surface area contributed by atoms with E-state index in [0.29, 0.717) is 5.76 Å². The van der Waals surface area contributed by atoms with E-state index < -0.39 is 0 Å². The second-order valence-corrected chi connectivity index (χ2v) is 1.61. The molecule has 0 aromatic heterocycles. The van der Waals surface area contributed by atoms with Gasteiger partial charge in [0.2, 0.25) is 0 Å². The summed E-state index contributed by atoms with van der Waals surface area (Å²) in [6.45, 7) is 1.98. The van der Waals surface area contributed by atoms with Gasteiger partial charge < -0.3 is 9.84 Å².